The van der Waals surface area contributed by atoms with Gasteiger partial charge in [-0.05, 0) is 30.3 Å². The Balaban J connectivity index is 1.39. The number of nitrogens with zero attached hydrogens (tertiary/aromatic N) is 3. The van der Waals surface area contributed by atoms with Crippen molar-refractivity contribution in [2.24, 2.45) is 0 Å². The third-order valence-corrected chi connectivity index (χ3v) is 5.53. The van der Waals surface area contributed by atoms with Crippen LogP contribution >= 0.6 is 0 Å². The number of aromatic nitrogens is 2. The quantitative estimate of drug-likeness (QED) is 0.689. The van der Waals surface area contributed by atoms with Gasteiger partial charge in [0.25, 0.3) is 0 Å². The van der Waals surface area contributed by atoms with Crippen molar-refractivity contribution in [3.05, 3.63) is 58.5 Å². The SMILES string of the molecule is COc1ccc2[nH]c(=O)n(CCN3CCN(c4cccc(C(F)(F)F)c4)CC3)c2c1. The van der Waals surface area contributed by atoms with Crippen molar-refractivity contribution in [1.82, 2.24) is 14.5 Å². The van der Waals surface area contributed by atoms with Crippen LogP contribution in [-0.2, 0) is 12.7 Å². The van der Waals surface area contributed by atoms with Crippen LogP contribution < -0.4 is 15.3 Å². The Bertz CT molecular complexity index is 1080. The fraction of sp³-hybridized carbons (Fsp3) is 0.381. The zero-order chi connectivity index (χ0) is 21.3. The molecule has 1 aliphatic rings. The van der Waals surface area contributed by atoms with Crippen LogP contribution in [0, 0.1) is 0 Å². The lowest BCUT2D eigenvalue weighted by molar-refractivity contribution is -0.137. The minimum Gasteiger partial charge on any atom is -0.497 e. The lowest BCUT2D eigenvalue weighted by atomic mass is 10.1. The zero-order valence-electron chi connectivity index (χ0n) is 16.6. The van der Waals surface area contributed by atoms with E-state index in [0.717, 1.165) is 30.2 Å². The number of fused-ring (bicyclic) bond motifs is 1. The summed E-state index contributed by atoms with van der Waals surface area (Å²) in [7, 11) is 1.58. The molecule has 160 valence electrons. The molecule has 1 N–H and O–H groups in total. The maximum absolute atomic E-state index is 13.0. The number of nitrogens with one attached hydrogen (secondary N) is 1. The average Bonchev–Trinajstić information content (AvgIpc) is 3.06. The monoisotopic (exact) mass is 420 g/mol. The fourth-order valence-electron chi connectivity index (χ4n) is 3.83. The Morgan fingerprint density at radius 3 is 2.50 bits per heavy atom. The van der Waals surface area contributed by atoms with E-state index in [-0.39, 0.29) is 5.69 Å². The van der Waals surface area contributed by atoms with E-state index in [9.17, 15) is 18.0 Å². The smallest absolute Gasteiger partial charge is 0.416 e. The van der Waals surface area contributed by atoms with Gasteiger partial charge in [0.2, 0.25) is 0 Å². The lowest BCUT2D eigenvalue weighted by Crippen LogP contribution is -2.47. The minimum atomic E-state index is -4.34. The Kier molecular flexibility index (Phi) is 5.46. The summed E-state index contributed by atoms with van der Waals surface area (Å²) in [6.07, 6.45) is -4.34. The number of methoxy groups -OCH3 is 1. The van der Waals surface area contributed by atoms with Crippen LogP contribution in [0.4, 0.5) is 18.9 Å². The van der Waals surface area contributed by atoms with Crippen molar-refractivity contribution in [3.8, 4) is 5.75 Å². The molecule has 0 bridgehead atoms. The van der Waals surface area contributed by atoms with E-state index in [1.165, 1.54) is 12.1 Å². The Morgan fingerprint density at radius 2 is 1.80 bits per heavy atom. The maximum Gasteiger partial charge on any atom is 0.416 e. The standard InChI is InChI=1S/C21H23F3N4O2/c1-30-17-5-6-18-19(14-17)28(20(29)25-18)12-9-26-7-10-27(11-8-26)16-4-2-3-15(13-16)21(22,23)24/h2-6,13-14H,7-12H2,1H3,(H,25,29). The number of alkyl halides is 3. The molecule has 1 aromatic heterocycles. The second-order valence-electron chi connectivity index (χ2n) is 7.34. The molecule has 0 radical (unpaired) electrons. The first-order valence-corrected chi connectivity index (χ1v) is 9.76. The van der Waals surface area contributed by atoms with Crippen molar-refractivity contribution in [3.63, 3.8) is 0 Å². The van der Waals surface area contributed by atoms with Crippen LogP contribution in [0.1, 0.15) is 5.56 Å². The molecule has 4 rings (SSSR count). The highest BCUT2D eigenvalue weighted by atomic mass is 19.4. The van der Waals surface area contributed by atoms with Gasteiger partial charge < -0.3 is 14.6 Å². The van der Waals surface area contributed by atoms with Crippen LogP contribution in [0.15, 0.2) is 47.3 Å². The Hall–Kier alpha value is -2.94. The number of ether oxygens (including phenoxy) is 1. The molecule has 30 heavy (non-hydrogen) atoms. The molecule has 0 unspecified atom stereocenters. The fourth-order valence-corrected chi connectivity index (χ4v) is 3.83. The van der Waals surface area contributed by atoms with Crippen molar-refractivity contribution in [2.75, 3.05) is 44.7 Å². The molecule has 1 fully saturated rings. The van der Waals surface area contributed by atoms with E-state index >= 15 is 0 Å². The third-order valence-electron chi connectivity index (χ3n) is 5.53. The topological polar surface area (TPSA) is 53.5 Å². The van der Waals surface area contributed by atoms with Gasteiger partial charge in [-0.3, -0.25) is 9.47 Å². The molecule has 0 atom stereocenters. The van der Waals surface area contributed by atoms with Gasteiger partial charge in [-0.1, -0.05) is 6.07 Å². The number of piperazine rings is 1. The predicted molar refractivity (Wildman–Crippen MR) is 109 cm³/mol. The van der Waals surface area contributed by atoms with Gasteiger partial charge >= 0.3 is 11.9 Å². The molecule has 0 spiro atoms. The number of hydrogen-bond acceptors (Lipinski definition) is 4. The Morgan fingerprint density at radius 1 is 1.03 bits per heavy atom. The molecule has 9 heteroatoms. The van der Waals surface area contributed by atoms with E-state index in [0.29, 0.717) is 37.6 Å². The maximum atomic E-state index is 13.0. The second-order valence-corrected chi connectivity index (χ2v) is 7.34. The van der Waals surface area contributed by atoms with Crippen molar-refractivity contribution in [2.45, 2.75) is 12.7 Å². The molecule has 0 saturated carbocycles. The normalized spacial score (nSPS) is 15.7. The highest BCUT2D eigenvalue weighted by molar-refractivity contribution is 5.77. The first-order valence-electron chi connectivity index (χ1n) is 9.76. The largest absolute Gasteiger partial charge is 0.497 e. The highest BCUT2D eigenvalue weighted by Crippen LogP contribution is 2.31. The highest BCUT2D eigenvalue weighted by Gasteiger charge is 2.31. The van der Waals surface area contributed by atoms with E-state index in [2.05, 4.69) is 9.88 Å². The number of aromatic amines is 1. The molecule has 6 nitrogen and oxygen atoms in total. The van der Waals surface area contributed by atoms with Crippen LogP contribution in [0.5, 0.6) is 5.75 Å². The van der Waals surface area contributed by atoms with Gasteiger partial charge in [0.15, 0.2) is 0 Å². The number of H-pyrrole nitrogens is 1. The molecule has 2 aromatic carbocycles. The van der Waals surface area contributed by atoms with Crippen LogP contribution in [-0.4, -0.2) is 54.3 Å². The zero-order valence-corrected chi connectivity index (χ0v) is 16.6. The molecule has 1 aliphatic heterocycles. The number of imidazole rings is 1. The summed E-state index contributed by atoms with van der Waals surface area (Å²) in [5, 5.41) is 0. The van der Waals surface area contributed by atoms with E-state index < -0.39 is 11.7 Å². The van der Waals surface area contributed by atoms with E-state index in [1.807, 2.05) is 17.0 Å². The molecule has 1 saturated heterocycles. The summed E-state index contributed by atoms with van der Waals surface area (Å²) in [5.74, 6) is 0.685. The second kappa shape index (κ2) is 8.06. The summed E-state index contributed by atoms with van der Waals surface area (Å²) in [5.41, 5.74) is 1.35. The van der Waals surface area contributed by atoms with Crippen molar-refractivity contribution < 1.29 is 17.9 Å². The van der Waals surface area contributed by atoms with Gasteiger partial charge in [0, 0.05) is 51.0 Å². The Labute approximate surface area is 171 Å². The number of anilines is 1. The molecule has 0 aliphatic carbocycles. The molecular formula is C21H23F3N4O2. The lowest BCUT2D eigenvalue weighted by Gasteiger charge is -2.36. The summed E-state index contributed by atoms with van der Waals surface area (Å²) < 4.78 is 45.8. The average molecular weight is 420 g/mol. The summed E-state index contributed by atoms with van der Waals surface area (Å²) in [4.78, 5) is 19.3. The number of hydrogen-bond donors (Lipinski definition) is 1. The van der Waals surface area contributed by atoms with Crippen LogP contribution in [0.3, 0.4) is 0 Å². The number of rotatable bonds is 5. The molecule has 0 amide bonds. The predicted octanol–water partition coefficient (Wildman–Crippen LogP) is 3.18. The first kappa shape index (κ1) is 20.3. The molecule has 2 heterocycles. The van der Waals surface area contributed by atoms with Gasteiger partial charge in [-0.15, -0.1) is 0 Å². The third kappa shape index (κ3) is 4.16. The van der Waals surface area contributed by atoms with E-state index in [4.69, 9.17) is 4.74 Å². The van der Waals surface area contributed by atoms with Gasteiger partial charge in [0.1, 0.15) is 5.75 Å². The van der Waals surface area contributed by atoms with Gasteiger partial charge in [-0.25, -0.2) is 4.79 Å². The van der Waals surface area contributed by atoms with Gasteiger partial charge in [0.05, 0.1) is 23.7 Å². The summed E-state index contributed by atoms with van der Waals surface area (Å²) in [6.45, 7) is 3.92. The summed E-state index contributed by atoms with van der Waals surface area (Å²) >= 11 is 0. The molecule has 3 aromatic rings. The van der Waals surface area contributed by atoms with Crippen LogP contribution in [0.2, 0.25) is 0 Å². The van der Waals surface area contributed by atoms with E-state index in [1.54, 1.807) is 23.8 Å². The van der Waals surface area contributed by atoms with Crippen molar-refractivity contribution >= 4 is 16.7 Å². The van der Waals surface area contributed by atoms with Gasteiger partial charge in [-0.2, -0.15) is 13.2 Å². The minimum absolute atomic E-state index is 0.166. The number of halogens is 3. The van der Waals surface area contributed by atoms with Crippen molar-refractivity contribution in [1.29, 1.82) is 0 Å². The summed E-state index contributed by atoms with van der Waals surface area (Å²) in [6, 6.07) is 10.9. The molecular weight excluding hydrogens is 397 g/mol. The number of benzene rings is 2. The first-order chi connectivity index (χ1) is 14.3. The van der Waals surface area contributed by atoms with Crippen LogP contribution in [0.25, 0.3) is 11.0 Å².